The average Bonchev–Trinajstić information content (AvgIpc) is 3.22. The van der Waals surface area contributed by atoms with E-state index in [0.717, 1.165) is 17.4 Å². The van der Waals surface area contributed by atoms with E-state index >= 15 is 0 Å². The van der Waals surface area contributed by atoms with Crippen LogP contribution in [0.1, 0.15) is 18.9 Å². The number of benzene rings is 2. The second-order valence-corrected chi connectivity index (χ2v) is 10.3. The fraction of sp³-hybridized carbons (Fsp3) is 0.364. The minimum absolute atomic E-state index is 0.113. The van der Waals surface area contributed by atoms with Crippen LogP contribution < -0.4 is 10.1 Å². The zero-order chi connectivity index (χ0) is 22.0. The third kappa shape index (κ3) is 4.94. The van der Waals surface area contributed by atoms with Crippen LogP contribution in [0.3, 0.4) is 0 Å². The number of nitrogens with zero attached hydrogens (tertiary/aromatic N) is 3. The van der Waals surface area contributed by atoms with Gasteiger partial charge < -0.3 is 14.8 Å². The van der Waals surface area contributed by atoms with E-state index in [1.165, 1.54) is 18.5 Å². The van der Waals surface area contributed by atoms with E-state index in [4.69, 9.17) is 9.47 Å². The Morgan fingerprint density at radius 3 is 2.90 bits per heavy atom. The monoisotopic (exact) mass is 444 g/mol. The van der Waals surface area contributed by atoms with Gasteiger partial charge in [-0.1, -0.05) is 6.92 Å². The number of aryl methyl sites for hydroxylation is 1. The van der Waals surface area contributed by atoms with E-state index in [1.807, 2.05) is 19.9 Å². The Hall–Kier alpha value is -2.78. The van der Waals surface area contributed by atoms with Crippen molar-refractivity contribution in [2.24, 2.45) is 4.36 Å². The summed E-state index contributed by atoms with van der Waals surface area (Å²) in [7, 11) is -2.28. The van der Waals surface area contributed by atoms with E-state index in [9.17, 15) is 8.60 Å². The lowest BCUT2D eigenvalue weighted by molar-refractivity contribution is 0.141. The number of nitrogens with one attached hydrogen (secondary N) is 1. The van der Waals surface area contributed by atoms with E-state index < -0.39 is 9.73 Å². The van der Waals surface area contributed by atoms with Gasteiger partial charge in [-0.15, -0.1) is 0 Å². The van der Waals surface area contributed by atoms with Crippen molar-refractivity contribution in [1.82, 2.24) is 9.97 Å². The molecule has 0 bridgehead atoms. The van der Waals surface area contributed by atoms with E-state index in [0.29, 0.717) is 47.4 Å². The molecule has 0 saturated carbocycles. The highest BCUT2D eigenvalue weighted by atomic mass is 32.2. The predicted molar refractivity (Wildman–Crippen MR) is 121 cm³/mol. The van der Waals surface area contributed by atoms with Gasteiger partial charge in [0, 0.05) is 39.6 Å². The molecule has 164 valence electrons. The average molecular weight is 445 g/mol. The predicted octanol–water partition coefficient (Wildman–Crippen LogP) is 4.74. The number of anilines is 2. The molecule has 2 atom stereocenters. The molecule has 1 N–H and O–H groups in total. The van der Waals surface area contributed by atoms with Gasteiger partial charge >= 0.3 is 0 Å². The standard InChI is InChI=1S/C22H25FN4O3S/c1-4-31(3,28)27-16-9-14(2)21-19(11-16)24-13-25-22(21)26-18-6-5-15(23)10-20(18)30-17-7-8-29-12-17/h5-6,9-11,13,17H,4,7-8,12H2,1-3H3,(H,24,25,26)/t17-,31+/m0/s1. The van der Waals surface area contributed by atoms with Gasteiger partial charge in [-0.2, -0.15) is 4.36 Å². The third-order valence-electron chi connectivity index (χ3n) is 5.13. The molecule has 4 rings (SSSR count). The van der Waals surface area contributed by atoms with Crippen LogP contribution in [0.4, 0.5) is 21.6 Å². The van der Waals surface area contributed by atoms with Crippen molar-refractivity contribution in [2.45, 2.75) is 26.4 Å². The molecule has 0 unspecified atom stereocenters. The van der Waals surface area contributed by atoms with Gasteiger partial charge in [0.05, 0.1) is 30.1 Å². The first-order valence-electron chi connectivity index (χ1n) is 10.1. The van der Waals surface area contributed by atoms with Gasteiger partial charge in [-0.25, -0.2) is 18.6 Å². The van der Waals surface area contributed by atoms with Gasteiger partial charge in [0.1, 0.15) is 29.8 Å². The molecule has 3 aromatic rings. The molecule has 0 aliphatic carbocycles. The van der Waals surface area contributed by atoms with Crippen LogP contribution in [0.2, 0.25) is 0 Å². The minimum atomic E-state index is -2.28. The van der Waals surface area contributed by atoms with Gasteiger partial charge in [-0.05, 0) is 36.8 Å². The van der Waals surface area contributed by atoms with Crippen molar-refractivity contribution in [2.75, 3.05) is 30.5 Å². The highest BCUT2D eigenvalue weighted by molar-refractivity contribution is 7.93. The number of aromatic nitrogens is 2. The number of hydrogen-bond acceptors (Lipinski definition) is 7. The molecule has 1 aliphatic rings. The Labute approximate surface area is 181 Å². The number of halogens is 1. The molecular formula is C22H25FN4O3S. The summed E-state index contributed by atoms with van der Waals surface area (Å²) in [5, 5.41) is 4.07. The number of fused-ring (bicyclic) bond motifs is 1. The van der Waals surface area contributed by atoms with Crippen molar-refractivity contribution in [3.63, 3.8) is 0 Å². The number of hydrogen-bond donors (Lipinski definition) is 1. The lowest BCUT2D eigenvalue weighted by atomic mass is 10.1. The Morgan fingerprint density at radius 1 is 1.32 bits per heavy atom. The quantitative estimate of drug-likeness (QED) is 0.591. The zero-order valence-electron chi connectivity index (χ0n) is 17.7. The molecule has 1 aromatic heterocycles. The molecular weight excluding hydrogens is 419 g/mol. The zero-order valence-corrected chi connectivity index (χ0v) is 18.5. The van der Waals surface area contributed by atoms with E-state index in [1.54, 1.807) is 18.4 Å². The molecule has 0 radical (unpaired) electrons. The molecule has 7 nitrogen and oxygen atoms in total. The summed E-state index contributed by atoms with van der Waals surface area (Å²) in [6.07, 6.45) is 3.74. The molecule has 2 aromatic carbocycles. The maximum atomic E-state index is 13.9. The lowest BCUT2D eigenvalue weighted by Gasteiger charge is -2.17. The fourth-order valence-corrected chi connectivity index (χ4v) is 4.10. The first kappa shape index (κ1) is 21.5. The molecule has 1 saturated heterocycles. The number of ether oxygens (including phenoxy) is 2. The van der Waals surface area contributed by atoms with E-state index in [2.05, 4.69) is 19.6 Å². The highest BCUT2D eigenvalue weighted by Gasteiger charge is 2.20. The Kier molecular flexibility index (Phi) is 6.06. The molecule has 2 heterocycles. The molecule has 0 spiro atoms. The Morgan fingerprint density at radius 2 is 2.16 bits per heavy atom. The SMILES string of the molecule is CC[S@@](C)(=O)=Nc1cc(C)c2c(Nc3ccc(F)cc3O[C@H]3CCOC3)ncnc2c1. The molecule has 9 heteroatoms. The van der Waals surface area contributed by atoms with Gasteiger partial charge in [0.25, 0.3) is 0 Å². The maximum absolute atomic E-state index is 13.9. The van der Waals surface area contributed by atoms with Crippen LogP contribution in [0.5, 0.6) is 5.75 Å². The van der Waals surface area contributed by atoms with Crippen LogP contribution in [-0.4, -0.2) is 45.5 Å². The summed E-state index contributed by atoms with van der Waals surface area (Å²) < 4.78 is 42.0. The first-order valence-corrected chi connectivity index (χ1v) is 12.2. The minimum Gasteiger partial charge on any atom is -0.486 e. The largest absolute Gasteiger partial charge is 0.486 e. The van der Waals surface area contributed by atoms with Crippen molar-refractivity contribution in [1.29, 1.82) is 0 Å². The molecule has 31 heavy (non-hydrogen) atoms. The summed E-state index contributed by atoms with van der Waals surface area (Å²) in [5.74, 6) is 1.06. The van der Waals surface area contributed by atoms with Crippen LogP contribution in [-0.2, 0) is 14.5 Å². The van der Waals surface area contributed by atoms with Crippen molar-refractivity contribution in [3.05, 3.63) is 48.0 Å². The fourth-order valence-electron chi connectivity index (χ4n) is 3.42. The van der Waals surface area contributed by atoms with Crippen molar-refractivity contribution >= 4 is 37.8 Å². The normalized spacial score (nSPS) is 18.0. The lowest BCUT2D eigenvalue weighted by Crippen LogP contribution is -2.16. The highest BCUT2D eigenvalue weighted by Crippen LogP contribution is 2.34. The maximum Gasteiger partial charge on any atom is 0.146 e. The van der Waals surface area contributed by atoms with Crippen LogP contribution in [0, 0.1) is 12.7 Å². The summed E-state index contributed by atoms with van der Waals surface area (Å²) in [6, 6.07) is 8.02. The third-order valence-corrected chi connectivity index (χ3v) is 6.80. The second kappa shape index (κ2) is 8.76. The van der Waals surface area contributed by atoms with Crippen LogP contribution >= 0.6 is 0 Å². The first-order chi connectivity index (χ1) is 14.8. The molecule has 0 amide bonds. The molecule has 1 aliphatic heterocycles. The topological polar surface area (TPSA) is 85.7 Å². The molecule has 1 fully saturated rings. The summed E-state index contributed by atoms with van der Waals surface area (Å²) in [4.78, 5) is 8.76. The Balaban J connectivity index is 1.73. The second-order valence-electron chi connectivity index (χ2n) is 7.59. The van der Waals surface area contributed by atoms with Crippen LogP contribution in [0.15, 0.2) is 41.0 Å². The number of rotatable bonds is 6. The summed E-state index contributed by atoms with van der Waals surface area (Å²) >= 11 is 0. The van der Waals surface area contributed by atoms with Gasteiger partial charge in [0.15, 0.2) is 0 Å². The van der Waals surface area contributed by atoms with E-state index in [-0.39, 0.29) is 11.9 Å². The Bertz CT molecular complexity index is 1230. The summed E-state index contributed by atoms with van der Waals surface area (Å²) in [5.41, 5.74) is 2.79. The van der Waals surface area contributed by atoms with Crippen LogP contribution in [0.25, 0.3) is 10.9 Å². The van der Waals surface area contributed by atoms with Crippen molar-refractivity contribution in [3.8, 4) is 5.75 Å². The van der Waals surface area contributed by atoms with Gasteiger partial charge in [-0.3, -0.25) is 0 Å². The smallest absolute Gasteiger partial charge is 0.146 e. The van der Waals surface area contributed by atoms with Crippen molar-refractivity contribution < 1.29 is 18.1 Å². The van der Waals surface area contributed by atoms with Gasteiger partial charge in [0.2, 0.25) is 0 Å². The summed E-state index contributed by atoms with van der Waals surface area (Å²) in [6.45, 7) is 4.89.